The zero-order valence-corrected chi connectivity index (χ0v) is 14.8. The van der Waals surface area contributed by atoms with Crippen molar-refractivity contribution in [1.82, 2.24) is 20.2 Å². The number of amides is 2. The Morgan fingerprint density at radius 3 is 2.64 bits per heavy atom. The molecule has 1 aromatic heterocycles. The van der Waals surface area contributed by atoms with Crippen molar-refractivity contribution in [2.45, 2.75) is 32.4 Å². The molecule has 7 heteroatoms. The molecule has 0 bridgehead atoms. The van der Waals surface area contributed by atoms with Crippen LogP contribution >= 0.6 is 11.6 Å². The zero-order valence-electron chi connectivity index (χ0n) is 14.1. The first-order chi connectivity index (χ1) is 11.9. The fraction of sp³-hybridized carbons (Fsp3) is 0.333. The van der Waals surface area contributed by atoms with Gasteiger partial charge in [-0.05, 0) is 44.2 Å². The van der Waals surface area contributed by atoms with E-state index in [0.717, 1.165) is 5.56 Å². The van der Waals surface area contributed by atoms with Crippen LogP contribution in [0.4, 0.5) is 0 Å². The number of benzene rings is 1. The van der Waals surface area contributed by atoms with Crippen molar-refractivity contribution in [1.29, 1.82) is 0 Å². The SMILES string of the molecule is CC(C)N1CC(NC(=O)c2ccnc(-c3ccc(Cl)cc3)n2)CC1=O. The van der Waals surface area contributed by atoms with Crippen LogP contribution in [0.15, 0.2) is 36.5 Å². The van der Waals surface area contributed by atoms with Crippen molar-refractivity contribution in [3.63, 3.8) is 0 Å². The molecule has 130 valence electrons. The quantitative estimate of drug-likeness (QED) is 0.911. The van der Waals surface area contributed by atoms with Crippen LogP contribution in [0.5, 0.6) is 0 Å². The number of nitrogens with zero attached hydrogens (tertiary/aromatic N) is 3. The summed E-state index contributed by atoms with van der Waals surface area (Å²) < 4.78 is 0. The highest BCUT2D eigenvalue weighted by Gasteiger charge is 2.32. The number of rotatable bonds is 4. The predicted molar refractivity (Wildman–Crippen MR) is 95.2 cm³/mol. The van der Waals surface area contributed by atoms with Crippen LogP contribution in [0.3, 0.4) is 0 Å². The summed E-state index contributed by atoms with van der Waals surface area (Å²) in [5, 5.41) is 3.51. The number of aromatic nitrogens is 2. The van der Waals surface area contributed by atoms with Crippen molar-refractivity contribution in [3.8, 4) is 11.4 Å². The van der Waals surface area contributed by atoms with E-state index in [9.17, 15) is 9.59 Å². The molecule has 1 atom stereocenters. The van der Waals surface area contributed by atoms with Gasteiger partial charge in [-0.2, -0.15) is 0 Å². The van der Waals surface area contributed by atoms with Crippen molar-refractivity contribution in [2.75, 3.05) is 6.54 Å². The van der Waals surface area contributed by atoms with E-state index in [1.807, 2.05) is 13.8 Å². The van der Waals surface area contributed by atoms with Crippen molar-refractivity contribution < 1.29 is 9.59 Å². The van der Waals surface area contributed by atoms with Crippen molar-refractivity contribution in [2.24, 2.45) is 0 Å². The summed E-state index contributed by atoms with van der Waals surface area (Å²) in [6.07, 6.45) is 1.87. The lowest BCUT2D eigenvalue weighted by molar-refractivity contribution is -0.129. The number of hydrogen-bond donors (Lipinski definition) is 1. The van der Waals surface area contributed by atoms with E-state index in [4.69, 9.17) is 11.6 Å². The maximum absolute atomic E-state index is 12.5. The highest BCUT2D eigenvalue weighted by atomic mass is 35.5. The lowest BCUT2D eigenvalue weighted by Gasteiger charge is -2.21. The summed E-state index contributed by atoms with van der Waals surface area (Å²) in [5.74, 6) is 0.210. The summed E-state index contributed by atoms with van der Waals surface area (Å²) in [6, 6.07) is 8.59. The van der Waals surface area contributed by atoms with Gasteiger partial charge in [0.1, 0.15) is 5.69 Å². The Morgan fingerprint density at radius 1 is 1.28 bits per heavy atom. The molecule has 1 saturated heterocycles. The average molecular weight is 359 g/mol. The van der Waals surface area contributed by atoms with Gasteiger partial charge in [0.2, 0.25) is 5.91 Å². The Kier molecular flexibility index (Phi) is 4.99. The van der Waals surface area contributed by atoms with Crippen LogP contribution < -0.4 is 5.32 Å². The maximum Gasteiger partial charge on any atom is 0.270 e. The molecular weight excluding hydrogens is 340 g/mol. The number of likely N-dealkylation sites (tertiary alicyclic amines) is 1. The number of halogens is 1. The largest absolute Gasteiger partial charge is 0.346 e. The van der Waals surface area contributed by atoms with Gasteiger partial charge in [0, 0.05) is 35.8 Å². The van der Waals surface area contributed by atoms with Gasteiger partial charge in [-0.25, -0.2) is 9.97 Å². The minimum absolute atomic E-state index is 0.0600. The Labute approximate surface area is 151 Å². The standard InChI is InChI=1S/C18H19ClN4O2/c1-11(2)23-10-14(9-16(23)24)21-18(25)15-7-8-20-17(22-15)12-3-5-13(19)6-4-12/h3-8,11,14H,9-10H2,1-2H3,(H,21,25). The molecule has 2 heterocycles. The Balaban J connectivity index is 1.72. The van der Waals surface area contributed by atoms with E-state index in [1.165, 1.54) is 0 Å². The first-order valence-electron chi connectivity index (χ1n) is 8.13. The van der Waals surface area contributed by atoms with E-state index in [-0.39, 0.29) is 29.6 Å². The summed E-state index contributed by atoms with van der Waals surface area (Å²) in [6.45, 7) is 4.45. The Morgan fingerprint density at radius 2 is 2.00 bits per heavy atom. The molecule has 1 aliphatic rings. The summed E-state index contributed by atoms with van der Waals surface area (Å²) in [5.41, 5.74) is 1.05. The zero-order chi connectivity index (χ0) is 18.0. The second-order valence-electron chi connectivity index (χ2n) is 6.29. The molecule has 1 unspecified atom stereocenters. The van der Waals surface area contributed by atoms with Gasteiger partial charge >= 0.3 is 0 Å². The van der Waals surface area contributed by atoms with Gasteiger partial charge in [0.15, 0.2) is 5.82 Å². The molecule has 1 aromatic carbocycles. The summed E-state index contributed by atoms with van der Waals surface area (Å²) >= 11 is 5.89. The smallest absolute Gasteiger partial charge is 0.270 e. The van der Waals surface area contributed by atoms with E-state index in [2.05, 4.69) is 15.3 Å². The fourth-order valence-corrected chi connectivity index (χ4v) is 2.94. The fourth-order valence-electron chi connectivity index (χ4n) is 2.81. The van der Waals surface area contributed by atoms with Crippen LogP contribution in [-0.2, 0) is 4.79 Å². The average Bonchev–Trinajstić information content (AvgIpc) is 2.96. The maximum atomic E-state index is 12.5. The van der Waals surface area contributed by atoms with Crippen LogP contribution in [0.1, 0.15) is 30.8 Å². The number of carbonyl (C=O) groups is 2. The van der Waals surface area contributed by atoms with Crippen LogP contribution in [0, 0.1) is 0 Å². The van der Waals surface area contributed by atoms with Gasteiger partial charge in [-0.1, -0.05) is 11.6 Å². The number of nitrogens with one attached hydrogen (secondary N) is 1. The van der Waals surface area contributed by atoms with E-state index < -0.39 is 0 Å². The second kappa shape index (κ2) is 7.19. The van der Waals surface area contributed by atoms with Crippen molar-refractivity contribution in [3.05, 3.63) is 47.2 Å². The number of hydrogen-bond acceptors (Lipinski definition) is 4. The molecule has 3 rings (SSSR count). The third-order valence-electron chi connectivity index (χ3n) is 4.11. The van der Waals surface area contributed by atoms with Gasteiger partial charge in [-0.15, -0.1) is 0 Å². The first-order valence-corrected chi connectivity index (χ1v) is 8.51. The molecule has 6 nitrogen and oxygen atoms in total. The molecular formula is C18H19ClN4O2. The molecule has 0 radical (unpaired) electrons. The van der Waals surface area contributed by atoms with E-state index in [1.54, 1.807) is 41.4 Å². The molecule has 0 aliphatic carbocycles. The van der Waals surface area contributed by atoms with Crippen molar-refractivity contribution >= 4 is 23.4 Å². The monoisotopic (exact) mass is 358 g/mol. The minimum Gasteiger partial charge on any atom is -0.346 e. The molecule has 1 N–H and O–H groups in total. The van der Waals surface area contributed by atoms with E-state index >= 15 is 0 Å². The van der Waals surface area contributed by atoms with Crippen LogP contribution in [0.25, 0.3) is 11.4 Å². The highest BCUT2D eigenvalue weighted by molar-refractivity contribution is 6.30. The molecule has 0 spiro atoms. The summed E-state index contributed by atoms with van der Waals surface area (Å²) in [4.78, 5) is 34.7. The molecule has 25 heavy (non-hydrogen) atoms. The lowest BCUT2D eigenvalue weighted by atomic mass is 10.2. The Bertz CT molecular complexity index is 792. The molecule has 2 amide bonds. The number of carbonyl (C=O) groups excluding carboxylic acids is 2. The van der Waals surface area contributed by atoms with Gasteiger partial charge in [0.05, 0.1) is 6.04 Å². The highest BCUT2D eigenvalue weighted by Crippen LogP contribution is 2.18. The Hall–Kier alpha value is -2.47. The molecule has 2 aromatic rings. The van der Waals surface area contributed by atoms with Crippen LogP contribution in [0.2, 0.25) is 5.02 Å². The lowest BCUT2D eigenvalue weighted by Crippen LogP contribution is -2.39. The molecule has 0 saturated carbocycles. The molecule has 1 aliphatic heterocycles. The van der Waals surface area contributed by atoms with Crippen LogP contribution in [-0.4, -0.2) is 45.3 Å². The van der Waals surface area contributed by atoms with E-state index in [0.29, 0.717) is 23.8 Å². The van der Waals surface area contributed by atoms with Gasteiger partial charge in [0.25, 0.3) is 5.91 Å². The third-order valence-corrected chi connectivity index (χ3v) is 4.36. The predicted octanol–water partition coefficient (Wildman–Crippen LogP) is 2.54. The summed E-state index contributed by atoms with van der Waals surface area (Å²) in [7, 11) is 0. The third kappa shape index (κ3) is 3.96. The van der Waals surface area contributed by atoms with Gasteiger partial charge < -0.3 is 10.2 Å². The second-order valence-corrected chi connectivity index (χ2v) is 6.72. The first kappa shape index (κ1) is 17.4. The van der Waals surface area contributed by atoms with Gasteiger partial charge in [-0.3, -0.25) is 9.59 Å². The topological polar surface area (TPSA) is 75.2 Å². The molecule has 1 fully saturated rings. The minimum atomic E-state index is -0.305. The normalized spacial score (nSPS) is 17.2.